The highest BCUT2D eigenvalue weighted by Crippen LogP contribution is 2.27. The van der Waals surface area contributed by atoms with Crippen LogP contribution in [0.25, 0.3) is 0 Å². The van der Waals surface area contributed by atoms with E-state index >= 15 is 0 Å². The lowest BCUT2D eigenvalue weighted by molar-refractivity contribution is -0.892. The molecular formula is C19H22F2N3O2+. The molecule has 7 heteroatoms. The molecule has 2 aromatic carbocycles. The van der Waals surface area contributed by atoms with Crippen LogP contribution < -0.4 is 19.9 Å². The Balaban J connectivity index is 1.55. The van der Waals surface area contributed by atoms with Crippen LogP contribution in [0.5, 0.6) is 5.75 Å². The lowest BCUT2D eigenvalue weighted by Gasteiger charge is -2.34. The molecule has 1 saturated heterocycles. The summed E-state index contributed by atoms with van der Waals surface area (Å²) in [7, 11) is 1.65. The highest BCUT2D eigenvalue weighted by atomic mass is 19.1. The van der Waals surface area contributed by atoms with Crippen molar-refractivity contribution >= 4 is 17.3 Å². The van der Waals surface area contributed by atoms with Gasteiger partial charge in [0.1, 0.15) is 23.1 Å². The molecule has 1 heterocycles. The summed E-state index contributed by atoms with van der Waals surface area (Å²) in [6, 6.07) is 11.3. The summed E-state index contributed by atoms with van der Waals surface area (Å²) in [5, 5.41) is 2.34. The van der Waals surface area contributed by atoms with Crippen LogP contribution in [0.1, 0.15) is 0 Å². The molecule has 0 aromatic heterocycles. The third-order valence-electron chi connectivity index (χ3n) is 4.53. The number of hydrogen-bond donors (Lipinski definition) is 2. The van der Waals surface area contributed by atoms with Crippen molar-refractivity contribution in [1.29, 1.82) is 0 Å². The van der Waals surface area contributed by atoms with Crippen LogP contribution in [0, 0.1) is 11.6 Å². The number of carbonyl (C=O) groups is 1. The number of nitrogens with zero attached hydrogens (tertiary/aromatic N) is 1. The second kappa shape index (κ2) is 8.14. The molecule has 1 aliphatic heterocycles. The van der Waals surface area contributed by atoms with E-state index in [2.05, 4.69) is 10.2 Å². The Morgan fingerprint density at radius 1 is 1.12 bits per heavy atom. The number of piperazine rings is 1. The minimum absolute atomic E-state index is 0.174. The van der Waals surface area contributed by atoms with Crippen molar-refractivity contribution in [3.8, 4) is 5.75 Å². The molecule has 2 N–H and O–H groups in total. The van der Waals surface area contributed by atoms with Crippen LogP contribution >= 0.6 is 0 Å². The standard InChI is InChI=1S/C19H21F2N3O2/c1-26-17-8-3-2-7-16(17)24-11-9-23(10-12-24)13-18(25)22-19-14(20)5-4-6-15(19)21/h2-8H,9-13H2,1H3,(H,22,25)/p+1. The van der Waals surface area contributed by atoms with Crippen molar-refractivity contribution in [2.75, 3.05) is 50.1 Å². The summed E-state index contributed by atoms with van der Waals surface area (Å²) in [5.41, 5.74) is 0.650. The van der Waals surface area contributed by atoms with Crippen LogP contribution in [0.3, 0.4) is 0 Å². The molecule has 0 bridgehead atoms. The number of methoxy groups -OCH3 is 1. The van der Waals surface area contributed by atoms with Gasteiger partial charge in [-0.2, -0.15) is 0 Å². The van der Waals surface area contributed by atoms with Crippen molar-refractivity contribution in [1.82, 2.24) is 0 Å². The summed E-state index contributed by atoms with van der Waals surface area (Å²) in [6.07, 6.45) is 0. The Morgan fingerprint density at radius 2 is 1.77 bits per heavy atom. The van der Waals surface area contributed by atoms with E-state index in [4.69, 9.17) is 4.74 Å². The Morgan fingerprint density at radius 3 is 2.42 bits per heavy atom. The number of amides is 1. The molecule has 0 spiro atoms. The number of hydrogen-bond acceptors (Lipinski definition) is 3. The van der Waals surface area contributed by atoms with Gasteiger partial charge in [0.15, 0.2) is 6.54 Å². The average molecular weight is 362 g/mol. The van der Waals surface area contributed by atoms with E-state index in [1.807, 2.05) is 24.3 Å². The van der Waals surface area contributed by atoms with Crippen LogP contribution in [0.15, 0.2) is 42.5 Å². The molecule has 1 aliphatic rings. The molecule has 0 radical (unpaired) electrons. The molecule has 0 atom stereocenters. The maximum Gasteiger partial charge on any atom is 0.279 e. The van der Waals surface area contributed by atoms with Gasteiger partial charge >= 0.3 is 0 Å². The minimum Gasteiger partial charge on any atom is -0.495 e. The number of anilines is 2. The molecule has 3 rings (SSSR count). The number of nitrogens with one attached hydrogen (secondary N) is 2. The van der Waals surface area contributed by atoms with Crippen LogP contribution in [0.4, 0.5) is 20.2 Å². The topological polar surface area (TPSA) is 46.0 Å². The lowest BCUT2D eigenvalue weighted by Crippen LogP contribution is -3.15. The monoisotopic (exact) mass is 362 g/mol. The Bertz CT molecular complexity index is 757. The number of ether oxygens (including phenoxy) is 1. The van der Waals surface area contributed by atoms with Crippen molar-refractivity contribution in [2.24, 2.45) is 0 Å². The van der Waals surface area contributed by atoms with Gasteiger partial charge in [-0.15, -0.1) is 0 Å². The van der Waals surface area contributed by atoms with E-state index in [1.165, 1.54) is 6.07 Å². The molecule has 0 unspecified atom stereocenters. The van der Waals surface area contributed by atoms with Gasteiger partial charge in [0.05, 0.1) is 39.0 Å². The summed E-state index contributed by atoms with van der Waals surface area (Å²) in [4.78, 5) is 15.4. The molecule has 1 fully saturated rings. The number of para-hydroxylation sites is 3. The first-order valence-corrected chi connectivity index (χ1v) is 8.54. The van der Waals surface area contributed by atoms with Crippen molar-refractivity contribution in [3.05, 3.63) is 54.1 Å². The first kappa shape index (κ1) is 18.1. The van der Waals surface area contributed by atoms with E-state index in [-0.39, 0.29) is 12.2 Å². The second-order valence-electron chi connectivity index (χ2n) is 6.23. The zero-order chi connectivity index (χ0) is 18.5. The molecule has 26 heavy (non-hydrogen) atoms. The minimum atomic E-state index is -0.769. The normalized spacial score (nSPS) is 15.0. The van der Waals surface area contributed by atoms with Gasteiger partial charge in [0, 0.05) is 0 Å². The van der Waals surface area contributed by atoms with Gasteiger partial charge in [-0.25, -0.2) is 8.78 Å². The van der Waals surface area contributed by atoms with E-state index in [9.17, 15) is 13.6 Å². The fourth-order valence-corrected chi connectivity index (χ4v) is 3.16. The highest BCUT2D eigenvalue weighted by molar-refractivity contribution is 5.91. The largest absolute Gasteiger partial charge is 0.495 e. The first-order chi connectivity index (χ1) is 12.6. The molecule has 1 amide bonds. The lowest BCUT2D eigenvalue weighted by atomic mass is 10.2. The summed E-state index contributed by atoms with van der Waals surface area (Å²) in [5.74, 6) is -1.11. The van der Waals surface area contributed by atoms with Crippen LogP contribution in [-0.2, 0) is 4.79 Å². The van der Waals surface area contributed by atoms with Gasteiger partial charge in [-0.05, 0) is 24.3 Å². The first-order valence-electron chi connectivity index (χ1n) is 8.54. The number of halogens is 2. The summed E-state index contributed by atoms with van der Waals surface area (Å²) >= 11 is 0. The predicted octanol–water partition coefficient (Wildman–Crippen LogP) is 1.32. The SMILES string of the molecule is COc1ccccc1N1CC[NH+](CC(=O)Nc2c(F)cccc2F)CC1. The number of benzene rings is 2. The fraction of sp³-hybridized carbons (Fsp3) is 0.316. The van der Waals surface area contributed by atoms with Crippen molar-refractivity contribution < 1.29 is 23.2 Å². The van der Waals surface area contributed by atoms with Crippen LogP contribution in [-0.4, -0.2) is 45.7 Å². The Kier molecular flexibility index (Phi) is 5.68. The maximum atomic E-state index is 13.6. The van der Waals surface area contributed by atoms with E-state index in [0.29, 0.717) is 0 Å². The molecule has 2 aromatic rings. The molecular weight excluding hydrogens is 340 g/mol. The fourth-order valence-electron chi connectivity index (χ4n) is 3.16. The maximum absolute atomic E-state index is 13.6. The van der Waals surface area contributed by atoms with E-state index < -0.39 is 17.5 Å². The Labute approximate surface area is 151 Å². The predicted molar refractivity (Wildman–Crippen MR) is 95.8 cm³/mol. The third kappa shape index (κ3) is 4.11. The van der Waals surface area contributed by atoms with Gasteiger partial charge < -0.3 is 19.9 Å². The van der Waals surface area contributed by atoms with Gasteiger partial charge in [0.25, 0.3) is 5.91 Å². The van der Waals surface area contributed by atoms with Gasteiger partial charge in [0.2, 0.25) is 0 Å². The Hall–Kier alpha value is -2.67. The smallest absolute Gasteiger partial charge is 0.279 e. The number of rotatable bonds is 5. The van der Waals surface area contributed by atoms with E-state index in [0.717, 1.165) is 54.6 Å². The van der Waals surface area contributed by atoms with Gasteiger partial charge in [-0.1, -0.05) is 18.2 Å². The summed E-state index contributed by atoms with van der Waals surface area (Å²) in [6.45, 7) is 3.23. The van der Waals surface area contributed by atoms with Crippen LogP contribution in [0.2, 0.25) is 0 Å². The third-order valence-corrected chi connectivity index (χ3v) is 4.53. The molecule has 138 valence electrons. The van der Waals surface area contributed by atoms with Crippen molar-refractivity contribution in [3.63, 3.8) is 0 Å². The van der Waals surface area contributed by atoms with Crippen molar-refractivity contribution in [2.45, 2.75) is 0 Å². The molecule has 0 aliphatic carbocycles. The zero-order valence-electron chi connectivity index (χ0n) is 14.6. The molecule has 5 nitrogen and oxygen atoms in total. The van der Waals surface area contributed by atoms with Gasteiger partial charge in [-0.3, -0.25) is 4.79 Å². The van der Waals surface area contributed by atoms with E-state index in [1.54, 1.807) is 7.11 Å². The second-order valence-corrected chi connectivity index (χ2v) is 6.23. The number of carbonyl (C=O) groups excluding carboxylic acids is 1. The zero-order valence-corrected chi connectivity index (χ0v) is 14.6. The quantitative estimate of drug-likeness (QED) is 0.843. The molecule has 0 saturated carbocycles. The average Bonchev–Trinajstić information content (AvgIpc) is 2.65. The highest BCUT2D eigenvalue weighted by Gasteiger charge is 2.24. The summed E-state index contributed by atoms with van der Waals surface area (Å²) < 4.78 is 32.6. The number of quaternary nitrogens is 1.